The Balaban J connectivity index is 1.93. The maximum Gasteiger partial charge on any atom is 0.338 e. The fraction of sp³-hybridized carbons (Fsp3) is 0.0556. The molecule has 0 aliphatic rings. The highest BCUT2D eigenvalue weighted by molar-refractivity contribution is 7.96. The molecule has 5 aromatic carbocycles. The first-order valence-corrected chi connectivity index (χ1v) is 14.9. The van der Waals surface area contributed by atoms with Crippen molar-refractivity contribution in [3.63, 3.8) is 0 Å². The Morgan fingerprint density at radius 2 is 0.950 bits per heavy atom. The minimum absolute atomic E-state index is 0.358. The van der Waals surface area contributed by atoms with Crippen molar-refractivity contribution in [3.05, 3.63) is 163 Å². The third-order valence-corrected chi connectivity index (χ3v) is 11.2. The predicted molar refractivity (Wildman–Crippen MR) is 168 cm³/mol. The number of benzene rings is 5. The largest absolute Gasteiger partial charge is 0.497 e. The molecule has 0 aliphatic carbocycles. The number of esters is 1. The molecule has 198 valence electrons. The van der Waals surface area contributed by atoms with E-state index in [0.29, 0.717) is 11.3 Å². The van der Waals surface area contributed by atoms with Crippen LogP contribution >= 0.6 is 6.89 Å². The molecule has 4 heteroatoms. The van der Waals surface area contributed by atoms with Crippen LogP contribution in [0.2, 0.25) is 0 Å². The molecule has 0 unspecified atom stereocenters. The molecule has 0 heterocycles. The highest BCUT2D eigenvalue weighted by atomic mass is 31.2. The monoisotopic (exact) mass is 542 g/mol. The number of carbonyl (C=O) groups is 1. The van der Waals surface area contributed by atoms with Crippen LogP contribution in [0.4, 0.5) is 0 Å². The van der Waals surface area contributed by atoms with E-state index in [2.05, 4.69) is 110 Å². The molecule has 5 aromatic rings. The maximum atomic E-state index is 12.2. The van der Waals surface area contributed by atoms with Crippen LogP contribution in [0.1, 0.15) is 18.1 Å². The van der Waals surface area contributed by atoms with Gasteiger partial charge in [-0.1, -0.05) is 122 Å². The van der Waals surface area contributed by atoms with Gasteiger partial charge in [-0.2, -0.15) is 0 Å². The average molecular weight is 543 g/mol. The third kappa shape index (κ3) is 5.30. The zero-order valence-corrected chi connectivity index (χ0v) is 23.6. The van der Waals surface area contributed by atoms with Gasteiger partial charge in [-0.05, 0) is 70.4 Å². The molecular formula is C36H31O3P. The molecule has 0 radical (unpaired) electrons. The summed E-state index contributed by atoms with van der Waals surface area (Å²) in [5.41, 5.74) is 2.50. The first-order chi connectivity index (χ1) is 19.5. The van der Waals surface area contributed by atoms with Crippen molar-refractivity contribution in [2.75, 3.05) is 7.11 Å². The zero-order valence-electron chi connectivity index (χ0n) is 22.7. The van der Waals surface area contributed by atoms with Crippen LogP contribution in [-0.2, 0) is 4.79 Å². The molecule has 0 N–H and O–H groups in total. The van der Waals surface area contributed by atoms with Crippen molar-refractivity contribution in [1.29, 1.82) is 0 Å². The highest BCUT2D eigenvalue weighted by Gasteiger charge is 2.31. The van der Waals surface area contributed by atoms with Crippen LogP contribution in [0.5, 0.6) is 11.5 Å². The van der Waals surface area contributed by atoms with Crippen molar-refractivity contribution in [2.24, 2.45) is 0 Å². The molecule has 0 saturated carbocycles. The molecule has 0 bridgehead atoms. The van der Waals surface area contributed by atoms with E-state index in [9.17, 15) is 4.79 Å². The van der Waals surface area contributed by atoms with Crippen molar-refractivity contribution in [3.8, 4) is 11.5 Å². The van der Waals surface area contributed by atoms with E-state index in [-0.39, 0.29) is 0 Å². The summed E-state index contributed by atoms with van der Waals surface area (Å²) < 4.78 is 11.0. The minimum atomic E-state index is -2.44. The molecule has 3 nitrogen and oxygen atoms in total. The summed E-state index contributed by atoms with van der Waals surface area (Å²) in [5.74, 6) is 0.842. The SMILES string of the molecule is C=C(C)C(=O)Oc1ccc(C(c2ccc(OC)cc2)=P(c2ccccc2)(c2ccccc2)c2ccccc2)cc1. The Morgan fingerprint density at radius 1 is 0.575 bits per heavy atom. The fourth-order valence-electron chi connectivity index (χ4n) is 4.97. The van der Waals surface area contributed by atoms with E-state index in [1.807, 2.05) is 36.4 Å². The lowest BCUT2D eigenvalue weighted by Gasteiger charge is -2.33. The average Bonchev–Trinajstić information content (AvgIpc) is 3.02. The Kier molecular flexibility index (Phi) is 8.15. The van der Waals surface area contributed by atoms with Gasteiger partial charge in [-0.15, -0.1) is 0 Å². The van der Waals surface area contributed by atoms with Gasteiger partial charge in [0.25, 0.3) is 0 Å². The van der Waals surface area contributed by atoms with Gasteiger partial charge in [-0.25, -0.2) is 4.79 Å². The zero-order chi connectivity index (χ0) is 28.0. The predicted octanol–water partition coefficient (Wildman–Crippen LogP) is 6.74. The van der Waals surface area contributed by atoms with E-state index >= 15 is 0 Å². The second kappa shape index (κ2) is 12.1. The van der Waals surface area contributed by atoms with E-state index in [1.54, 1.807) is 14.0 Å². The van der Waals surface area contributed by atoms with Gasteiger partial charge < -0.3 is 9.47 Å². The lowest BCUT2D eigenvalue weighted by molar-refractivity contribution is -0.130. The topological polar surface area (TPSA) is 35.5 Å². The maximum absolute atomic E-state index is 12.2. The molecule has 0 aliphatic heterocycles. The summed E-state index contributed by atoms with van der Waals surface area (Å²) in [5, 5.41) is 4.94. The second-order valence-corrected chi connectivity index (χ2v) is 12.8. The molecule has 0 aromatic heterocycles. The van der Waals surface area contributed by atoms with Gasteiger partial charge in [0.05, 0.1) is 7.11 Å². The third-order valence-electron chi connectivity index (χ3n) is 6.82. The number of carbonyl (C=O) groups excluding carboxylic acids is 1. The van der Waals surface area contributed by atoms with Gasteiger partial charge >= 0.3 is 5.97 Å². The summed E-state index contributed by atoms with van der Waals surface area (Å²) in [6, 6.07) is 48.4. The van der Waals surface area contributed by atoms with Crippen molar-refractivity contribution in [1.82, 2.24) is 0 Å². The summed E-state index contributed by atoms with van der Waals surface area (Å²) in [4.78, 5) is 12.2. The number of hydrogen-bond donors (Lipinski definition) is 0. The number of ether oxygens (including phenoxy) is 2. The molecule has 0 saturated heterocycles. The van der Waals surface area contributed by atoms with E-state index < -0.39 is 12.9 Å². The fourth-order valence-corrected chi connectivity index (χ4v) is 9.57. The molecule has 0 amide bonds. The summed E-state index contributed by atoms with van der Waals surface area (Å²) in [7, 11) is 1.68. The molecule has 0 atom stereocenters. The molecular weight excluding hydrogens is 511 g/mol. The first kappa shape index (κ1) is 27.0. The van der Waals surface area contributed by atoms with E-state index in [4.69, 9.17) is 9.47 Å². The Labute approximate surface area is 236 Å². The molecule has 5 rings (SSSR count). The molecule has 0 spiro atoms. The van der Waals surface area contributed by atoms with Crippen LogP contribution in [-0.4, -0.2) is 18.4 Å². The van der Waals surface area contributed by atoms with Crippen molar-refractivity contribution < 1.29 is 14.3 Å². The van der Waals surface area contributed by atoms with Crippen LogP contribution < -0.4 is 25.4 Å². The Morgan fingerprint density at radius 3 is 1.30 bits per heavy atom. The van der Waals surface area contributed by atoms with Crippen LogP contribution in [0.15, 0.2) is 152 Å². The summed E-state index contributed by atoms with van der Waals surface area (Å²) >= 11 is 0. The Bertz CT molecular complexity index is 1550. The quantitative estimate of drug-likeness (QED) is 0.0943. The van der Waals surface area contributed by atoms with Crippen molar-refractivity contribution >= 4 is 34.1 Å². The van der Waals surface area contributed by atoms with Crippen molar-refractivity contribution in [2.45, 2.75) is 6.92 Å². The van der Waals surface area contributed by atoms with Crippen LogP contribution in [0, 0.1) is 0 Å². The van der Waals surface area contributed by atoms with Gasteiger partial charge in [0.2, 0.25) is 0 Å². The van der Waals surface area contributed by atoms with E-state index in [1.165, 1.54) is 21.2 Å². The molecule has 40 heavy (non-hydrogen) atoms. The van der Waals surface area contributed by atoms with E-state index in [0.717, 1.165) is 16.9 Å². The van der Waals surface area contributed by atoms with Gasteiger partial charge in [0, 0.05) is 5.57 Å². The van der Waals surface area contributed by atoms with Gasteiger partial charge in [-0.3, -0.25) is 0 Å². The number of rotatable bonds is 8. The van der Waals surface area contributed by atoms with Crippen LogP contribution in [0.25, 0.3) is 0 Å². The minimum Gasteiger partial charge on any atom is -0.497 e. The smallest absolute Gasteiger partial charge is 0.338 e. The normalized spacial score (nSPS) is 10.9. The Hall–Kier alpha value is -4.59. The molecule has 0 fully saturated rings. The van der Waals surface area contributed by atoms with Gasteiger partial charge in [0.15, 0.2) is 0 Å². The summed E-state index contributed by atoms with van der Waals surface area (Å²) in [6.07, 6.45) is 0. The highest BCUT2D eigenvalue weighted by Crippen LogP contribution is 2.49. The standard InChI is InChI=1S/C36H31O3P/c1-27(2)36(37)39-31-25-21-29(22-26-31)35(28-19-23-30(38-3)24-20-28)40(32-13-7-4-8-14-32,33-15-9-5-10-16-33)34-17-11-6-12-18-34/h4-26H,1H2,2-3H3. The number of hydrogen-bond acceptors (Lipinski definition) is 3. The van der Waals surface area contributed by atoms with Crippen LogP contribution in [0.3, 0.4) is 0 Å². The second-order valence-electron chi connectivity index (χ2n) is 9.45. The summed E-state index contributed by atoms with van der Waals surface area (Å²) in [6.45, 7) is 2.91. The number of methoxy groups -OCH3 is 1. The lowest BCUT2D eigenvalue weighted by atomic mass is 10.0. The first-order valence-electron chi connectivity index (χ1n) is 13.1. The van der Waals surface area contributed by atoms with Gasteiger partial charge in [0.1, 0.15) is 11.5 Å². The lowest BCUT2D eigenvalue weighted by Crippen LogP contribution is -2.31.